The van der Waals surface area contributed by atoms with Gasteiger partial charge in [-0.1, -0.05) is 25.3 Å². The number of ether oxygens (including phenoxy) is 1. The SMILES string of the molecule is O=C(OCC(=O)N1CCCCCC1)c1cccc(S(=O)(=O)N2CCCCC2)c1. The van der Waals surface area contributed by atoms with E-state index in [4.69, 9.17) is 4.74 Å². The van der Waals surface area contributed by atoms with Gasteiger partial charge in [-0.25, -0.2) is 13.2 Å². The highest BCUT2D eigenvalue weighted by Gasteiger charge is 2.27. The van der Waals surface area contributed by atoms with E-state index in [9.17, 15) is 18.0 Å². The first-order valence-corrected chi connectivity index (χ1v) is 11.5. The second-order valence-electron chi connectivity index (χ2n) is 7.36. The Balaban J connectivity index is 1.62. The van der Waals surface area contributed by atoms with Crippen molar-refractivity contribution in [1.29, 1.82) is 0 Å². The van der Waals surface area contributed by atoms with Crippen LogP contribution in [0.2, 0.25) is 0 Å². The molecule has 0 saturated carbocycles. The van der Waals surface area contributed by atoms with Crippen molar-refractivity contribution in [1.82, 2.24) is 9.21 Å². The number of nitrogens with zero attached hydrogens (tertiary/aromatic N) is 2. The molecular weight excluding hydrogens is 380 g/mol. The molecule has 0 bridgehead atoms. The predicted octanol–water partition coefficient (Wildman–Crippen LogP) is 2.42. The molecule has 0 N–H and O–H groups in total. The van der Waals surface area contributed by atoms with Crippen LogP contribution in [0.25, 0.3) is 0 Å². The maximum absolute atomic E-state index is 12.8. The zero-order valence-electron chi connectivity index (χ0n) is 16.1. The summed E-state index contributed by atoms with van der Waals surface area (Å²) in [6.45, 7) is 2.07. The molecule has 0 unspecified atom stereocenters. The first-order chi connectivity index (χ1) is 13.5. The smallest absolute Gasteiger partial charge is 0.338 e. The van der Waals surface area contributed by atoms with Crippen LogP contribution in [0.15, 0.2) is 29.2 Å². The Morgan fingerprint density at radius 3 is 2.18 bits per heavy atom. The molecule has 154 valence electrons. The third-order valence-electron chi connectivity index (χ3n) is 5.31. The first kappa shape index (κ1) is 20.8. The van der Waals surface area contributed by atoms with E-state index in [0.717, 1.165) is 44.9 Å². The fourth-order valence-corrected chi connectivity index (χ4v) is 5.22. The Bertz CT molecular complexity index is 795. The topological polar surface area (TPSA) is 84.0 Å². The van der Waals surface area contributed by atoms with Crippen LogP contribution in [0.3, 0.4) is 0 Å². The molecule has 8 heteroatoms. The Morgan fingerprint density at radius 2 is 1.50 bits per heavy atom. The van der Waals surface area contributed by atoms with E-state index < -0.39 is 16.0 Å². The van der Waals surface area contributed by atoms with Crippen LogP contribution in [0, 0.1) is 0 Å². The lowest BCUT2D eigenvalue weighted by molar-refractivity contribution is -0.134. The number of amides is 1. The number of piperidine rings is 1. The van der Waals surface area contributed by atoms with E-state index in [1.807, 2.05) is 0 Å². The van der Waals surface area contributed by atoms with Gasteiger partial charge < -0.3 is 9.64 Å². The molecule has 1 amide bonds. The number of likely N-dealkylation sites (tertiary alicyclic amines) is 1. The number of rotatable bonds is 5. The molecule has 2 aliphatic rings. The van der Waals surface area contributed by atoms with Gasteiger partial charge in [0.2, 0.25) is 10.0 Å². The van der Waals surface area contributed by atoms with Crippen LogP contribution < -0.4 is 0 Å². The molecule has 7 nitrogen and oxygen atoms in total. The second kappa shape index (κ2) is 9.52. The zero-order chi connectivity index (χ0) is 20.0. The molecule has 3 rings (SSSR count). The summed E-state index contributed by atoms with van der Waals surface area (Å²) in [5.41, 5.74) is 0.141. The van der Waals surface area contributed by atoms with Crippen molar-refractivity contribution in [2.45, 2.75) is 49.8 Å². The summed E-state index contributed by atoms with van der Waals surface area (Å²) in [7, 11) is -3.62. The van der Waals surface area contributed by atoms with E-state index >= 15 is 0 Å². The van der Waals surface area contributed by atoms with Gasteiger partial charge in [0.1, 0.15) is 0 Å². The lowest BCUT2D eigenvalue weighted by atomic mass is 10.2. The summed E-state index contributed by atoms with van der Waals surface area (Å²) in [4.78, 5) is 26.4. The van der Waals surface area contributed by atoms with Crippen LogP contribution in [0.4, 0.5) is 0 Å². The highest BCUT2D eigenvalue weighted by molar-refractivity contribution is 7.89. The molecule has 28 heavy (non-hydrogen) atoms. The summed E-state index contributed by atoms with van der Waals surface area (Å²) >= 11 is 0. The first-order valence-electron chi connectivity index (χ1n) is 10.0. The number of carbonyl (C=O) groups is 2. The molecule has 1 aromatic carbocycles. The molecule has 2 aliphatic heterocycles. The van der Waals surface area contributed by atoms with Gasteiger partial charge in [0.15, 0.2) is 6.61 Å². The van der Waals surface area contributed by atoms with Gasteiger partial charge in [-0.15, -0.1) is 0 Å². The maximum atomic E-state index is 12.8. The van der Waals surface area contributed by atoms with E-state index in [1.54, 1.807) is 4.90 Å². The van der Waals surface area contributed by atoms with Gasteiger partial charge in [-0.2, -0.15) is 4.31 Å². The lowest BCUT2D eigenvalue weighted by Crippen LogP contribution is -2.36. The Kier molecular flexibility index (Phi) is 7.07. The number of sulfonamides is 1. The van der Waals surface area contributed by atoms with E-state index in [1.165, 1.54) is 28.6 Å². The summed E-state index contributed by atoms with van der Waals surface area (Å²) < 4.78 is 32.2. The third kappa shape index (κ3) is 5.11. The highest BCUT2D eigenvalue weighted by Crippen LogP contribution is 2.21. The molecule has 0 aliphatic carbocycles. The summed E-state index contributed by atoms with van der Waals surface area (Å²) in [5, 5.41) is 0. The van der Waals surface area contributed by atoms with Crippen molar-refractivity contribution >= 4 is 21.9 Å². The van der Waals surface area contributed by atoms with Crippen LogP contribution in [-0.2, 0) is 19.6 Å². The van der Waals surface area contributed by atoms with Gasteiger partial charge in [0, 0.05) is 26.2 Å². The number of carbonyl (C=O) groups excluding carboxylic acids is 2. The van der Waals surface area contributed by atoms with Crippen molar-refractivity contribution in [3.8, 4) is 0 Å². The van der Waals surface area contributed by atoms with Gasteiger partial charge in [0.05, 0.1) is 10.5 Å². The molecule has 2 fully saturated rings. The van der Waals surface area contributed by atoms with E-state index in [0.29, 0.717) is 26.2 Å². The minimum absolute atomic E-state index is 0.0858. The molecule has 2 saturated heterocycles. The second-order valence-corrected chi connectivity index (χ2v) is 9.30. The number of benzene rings is 1. The molecule has 0 aromatic heterocycles. The fraction of sp³-hybridized carbons (Fsp3) is 0.600. The van der Waals surface area contributed by atoms with E-state index in [-0.39, 0.29) is 23.0 Å². The van der Waals surface area contributed by atoms with Gasteiger partial charge in [0.25, 0.3) is 5.91 Å². The molecule has 0 spiro atoms. The molecule has 0 atom stereocenters. The van der Waals surface area contributed by atoms with Crippen LogP contribution >= 0.6 is 0 Å². The standard InChI is InChI=1S/C20H28N2O5S/c23-19(21-11-4-1-2-5-12-21)16-27-20(24)17-9-8-10-18(15-17)28(25,26)22-13-6-3-7-14-22/h8-10,15H,1-7,11-14,16H2. The molecular formula is C20H28N2O5S. The fourth-order valence-electron chi connectivity index (χ4n) is 3.66. The monoisotopic (exact) mass is 408 g/mol. The molecule has 1 aromatic rings. The Hall–Kier alpha value is -1.93. The Morgan fingerprint density at radius 1 is 0.893 bits per heavy atom. The minimum atomic E-state index is -3.62. The van der Waals surface area contributed by atoms with Gasteiger partial charge in [-0.3, -0.25) is 4.79 Å². The van der Waals surface area contributed by atoms with Gasteiger partial charge in [-0.05, 0) is 43.9 Å². The largest absolute Gasteiger partial charge is 0.452 e. The van der Waals surface area contributed by atoms with Crippen LogP contribution in [0.1, 0.15) is 55.3 Å². The van der Waals surface area contributed by atoms with Crippen molar-refractivity contribution in [3.05, 3.63) is 29.8 Å². The predicted molar refractivity (Wildman–Crippen MR) is 104 cm³/mol. The molecule has 0 radical (unpaired) electrons. The lowest BCUT2D eigenvalue weighted by Gasteiger charge is -2.26. The number of hydrogen-bond acceptors (Lipinski definition) is 5. The minimum Gasteiger partial charge on any atom is -0.452 e. The summed E-state index contributed by atoms with van der Waals surface area (Å²) in [6.07, 6.45) is 6.89. The average Bonchev–Trinajstić information content (AvgIpc) is 3.02. The van der Waals surface area contributed by atoms with Crippen molar-refractivity contribution in [2.24, 2.45) is 0 Å². The number of esters is 1. The van der Waals surface area contributed by atoms with E-state index in [2.05, 4.69) is 0 Å². The highest BCUT2D eigenvalue weighted by atomic mass is 32.2. The molecule has 2 heterocycles. The van der Waals surface area contributed by atoms with Crippen molar-refractivity contribution in [3.63, 3.8) is 0 Å². The van der Waals surface area contributed by atoms with Crippen LogP contribution in [-0.4, -0.2) is 62.3 Å². The number of hydrogen-bond donors (Lipinski definition) is 0. The third-order valence-corrected chi connectivity index (χ3v) is 7.20. The van der Waals surface area contributed by atoms with Gasteiger partial charge >= 0.3 is 5.97 Å². The summed E-state index contributed by atoms with van der Waals surface area (Å²) in [6, 6.07) is 5.86. The summed E-state index contributed by atoms with van der Waals surface area (Å²) in [5.74, 6) is -0.883. The van der Waals surface area contributed by atoms with Crippen molar-refractivity contribution in [2.75, 3.05) is 32.8 Å². The quantitative estimate of drug-likeness (QED) is 0.699. The van der Waals surface area contributed by atoms with Crippen LogP contribution in [0.5, 0.6) is 0 Å². The zero-order valence-corrected chi connectivity index (χ0v) is 17.0. The maximum Gasteiger partial charge on any atom is 0.338 e. The Labute approximate surface area is 166 Å². The van der Waals surface area contributed by atoms with Crippen molar-refractivity contribution < 1.29 is 22.7 Å². The normalized spacial score (nSPS) is 19.1. The average molecular weight is 409 g/mol.